The topological polar surface area (TPSA) is 120 Å². The standard InChI is InChI=1S/C19H25NO8/c1-11(22)20-16-18(27-13(3)24)17(26-12(2)23)15(9-21)28-19(16)25-10-14-7-5-4-6-8-14/h4-8,15-19,21H,9-10H2,1-3H3,(H,20,22)/t15-,16+,17-,18-,19-/m1/s1. The maximum atomic E-state index is 11.7. The third kappa shape index (κ3) is 6.01. The van der Waals surface area contributed by atoms with Crippen molar-refractivity contribution >= 4 is 17.8 Å². The quantitative estimate of drug-likeness (QED) is 0.632. The first-order valence-electron chi connectivity index (χ1n) is 8.85. The van der Waals surface area contributed by atoms with Gasteiger partial charge in [0.25, 0.3) is 0 Å². The van der Waals surface area contributed by atoms with Gasteiger partial charge in [0.05, 0.1) is 13.2 Å². The zero-order valence-electron chi connectivity index (χ0n) is 16.0. The van der Waals surface area contributed by atoms with E-state index in [0.717, 1.165) is 5.56 Å². The van der Waals surface area contributed by atoms with E-state index in [1.165, 1.54) is 20.8 Å². The molecule has 1 saturated heterocycles. The molecular weight excluding hydrogens is 370 g/mol. The van der Waals surface area contributed by atoms with Crippen molar-refractivity contribution in [1.82, 2.24) is 5.32 Å². The van der Waals surface area contributed by atoms with E-state index < -0.39 is 55.1 Å². The van der Waals surface area contributed by atoms with Gasteiger partial charge in [-0.2, -0.15) is 0 Å². The number of carbonyl (C=O) groups is 3. The van der Waals surface area contributed by atoms with E-state index >= 15 is 0 Å². The Labute approximate surface area is 162 Å². The SMILES string of the molecule is CC(=O)N[C@@H]1[C@H](OCc2ccccc2)O[C@H](CO)[C@@H](OC(C)=O)[C@@H]1OC(C)=O. The van der Waals surface area contributed by atoms with Crippen molar-refractivity contribution in [3.63, 3.8) is 0 Å². The minimum absolute atomic E-state index is 0.158. The fourth-order valence-corrected chi connectivity index (χ4v) is 3.00. The van der Waals surface area contributed by atoms with Crippen molar-refractivity contribution in [3.8, 4) is 0 Å². The molecule has 5 atom stereocenters. The first-order valence-corrected chi connectivity index (χ1v) is 8.85. The molecule has 1 fully saturated rings. The zero-order valence-corrected chi connectivity index (χ0v) is 16.0. The fourth-order valence-electron chi connectivity index (χ4n) is 3.00. The second kappa shape index (κ2) is 10.2. The van der Waals surface area contributed by atoms with Crippen LogP contribution in [0.3, 0.4) is 0 Å². The van der Waals surface area contributed by atoms with Crippen LogP contribution in [0.2, 0.25) is 0 Å². The molecule has 1 aliphatic rings. The van der Waals surface area contributed by atoms with Gasteiger partial charge in [-0.25, -0.2) is 0 Å². The van der Waals surface area contributed by atoms with Crippen LogP contribution in [0.15, 0.2) is 30.3 Å². The molecule has 2 rings (SSSR count). The third-order valence-corrected chi connectivity index (χ3v) is 4.06. The van der Waals surface area contributed by atoms with Gasteiger partial charge in [0.15, 0.2) is 18.5 Å². The molecule has 0 spiro atoms. The molecule has 0 aromatic heterocycles. The monoisotopic (exact) mass is 395 g/mol. The summed E-state index contributed by atoms with van der Waals surface area (Å²) in [5, 5.41) is 12.3. The Hall–Kier alpha value is -2.49. The van der Waals surface area contributed by atoms with Gasteiger partial charge in [0, 0.05) is 20.8 Å². The highest BCUT2D eigenvalue weighted by atomic mass is 16.7. The summed E-state index contributed by atoms with van der Waals surface area (Å²) in [5.41, 5.74) is 0.861. The van der Waals surface area contributed by atoms with Gasteiger partial charge in [-0.3, -0.25) is 14.4 Å². The average molecular weight is 395 g/mol. The molecule has 1 aromatic carbocycles. The lowest BCUT2D eigenvalue weighted by atomic mass is 9.96. The summed E-state index contributed by atoms with van der Waals surface area (Å²) in [6, 6.07) is 8.32. The Morgan fingerprint density at radius 3 is 2.18 bits per heavy atom. The van der Waals surface area contributed by atoms with Crippen LogP contribution in [-0.4, -0.2) is 60.2 Å². The molecule has 9 nitrogen and oxygen atoms in total. The number of esters is 2. The summed E-state index contributed by atoms with van der Waals surface area (Å²) < 4.78 is 22.1. The van der Waals surface area contributed by atoms with Gasteiger partial charge in [-0.15, -0.1) is 0 Å². The number of nitrogens with one attached hydrogen (secondary N) is 1. The van der Waals surface area contributed by atoms with Crippen molar-refractivity contribution in [1.29, 1.82) is 0 Å². The number of hydrogen-bond acceptors (Lipinski definition) is 8. The summed E-state index contributed by atoms with van der Waals surface area (Å²) >= 11 is 0. The Morgan fingerprint density at radius 1 is 1.04 bits per heavy atom. The lowest BCUT2D eigenvalue weighted by Crippen LogP contribution is -2.66. The number of carbonyl (C=O) groups excluding carboxylic acids is 3. The molecule has 0 unspecified atom stereocenters. The zero-order chi connectivity index (χ0) is 20.7. The summed E-state index contributed by atoms with van der Waals surface area (Å²) in [6.45, 7) is 3.32. The summed E-state index contributed by atoms with van der Waals surface area (Å²) in [6.07, 6.45) is -4.26. The van der Waals surface area contributed by atoms with E-state index in [1.807, 2.05) is 30.3 Å². The van der Waals surface area contributed by atoms with Crippen LogP contribution >= 0.6 is 0 Å². The molecule has 1 heterocycles. The van der Waals surface area contributed by atoms with Gasteiger partial charge in [-0.1, -0.05) is 30.3 Å². The molecule has 0 bridgehead atoms. The lowest BCUT2D eigenvalue weighted by molar-refractivity contribution is -0.279. The Bertz CT molecular complexity index is 680. The first-order chi connectivity index (χ1) is 13.3. The predicted molar refractivity (Wildman–Crippen MR) is 95.7 cm³/mol. The number of benzene rings is 1. The van der Waals surface area contributed by atoms with E-state index in [9.17, 15) is 19.5 Å². The second-order valence-electron chi connectivity index (χ2n) is 6.40. The molecule has 2 N–H and O–H groups in total. The summed E-state index contributed by atoms with van der Waals surface area (Å²) in [5.74, 6) is -1.70. The number of amides is 1. The number of aliphatic hydroxyl groups is 1. The van der Waals surface area contributed by atoms with Crippen molar-refractivity contribution in [2.45, 2.75) is 58.0 Å². The highest BCUT2D eigenvalue weighted by molar-refractivity contribution is 5.73. The van der Waals surface area contributed by atoms with Crippen molar-refractivity contribution in [2.24, 2.45) is 0 Å². The number of ether oxygens (including phenoxy) is 4. The molecule has 0 aliphatic carbocycles. The normalized spacial score (nSPS) is 26.9. The maximum Gasteiger partial charge on any atom is 0.303 e. The van der Waals surface area contributed by atoms with Crippen molar-refractivity contribution in [2.75, 3.05) is 6.61 Å². The predicted octanol–water partition coefficient (Wildman–Crippen LogP) is 0.288. The fraction of sp³-hybridized carbons (Fsp3) is 0.526. The largest absolute Gasteiger partial charge is 0.456 e. The van der Waals surface area contributed by atoms with Gasteiger partial charge in [0.1, 0.15) is 12.1 Å². The van der Waals surface area contributed by atoms with Crippen LogP contribution in [0, 0.1) is 0 Å². The van der Waals surface area contributed by atoms with Crippen LogP contribution < -0.4 is 5.32 Å². The summed E-state index contributed by atoms with van der Waals surface area (Å²) in [4.78, 5) is 34.9. The Balaban J connectivity index is 2.29. The molecule has 28 heavy (non-hydrogen) atoms. The second-order valence-corrected chi connectivity index (χ2v) is 6.40. The van der Waals surface area contributed by atoms with Crippen molar-refractivity contribution < 1.29 is 38.4 Å². The smallest absolute Gasteiger partial charge is 0.303 e. The number of rotatable bonds is 7. The van der Waals surface area contributed by atoms with Gasteiger partial charge in [-0.05, 0) is 5.56 Å². The van der Waals surface area contributed by atoms with Crippen LogP contribution in [-0.2, 0) is 39.9 Å². The van der Waals surface area contributed by atoms with Gasteiger partial charge in [0.2, 0.25) is 5.91 Å². The van der Waals surface area contributed by atoms with E-state index in [0.29, 0.717) is 0 Å². The number of hydrogen-bond donors (Lipinski definition) is 2. The van der Waals surface area contributed by atoms with Gasteiger partial charge >= 0.3 is 11.9 Å². The molecule has 154 valence electrons. The van der Waals surface area contributed by atoms with E-state index in [2.05, 4.69) is 5.32 Å². The number of aliphatic hydroxyl groups excluding tert-OH is 1. The minimum Gasteiger partial charge on any atom is -0.456 e. The molecule has 1 aromatic rings. The molecule has 9 heteroatoms. The molecule has 0 saturated carbocycles. The molecule has 0 radical (unpaired) electrons. The van der Waals surface area contributed by atoms with E-state index in [-0.39, 0.29) is 6.61 Å². The molecule has 1 amide bonds. The average Bonchev–Trinajstić information content (AvgIpc) is 2.63. The Kier molecular flexibility index (Phi) is 7.91. The highest BCUT2D eigenvalue weighted by Gasteiger charge is 2.50. The highest BCUT2D eigenvalue weighted by Crippen LogP contribution is 2.28. The van der Waals surface area contributed by atoms with Crippen LogP contribution in [0.1, 0.15) is 26.3 Å². The Morgan fingerprint density at radius 2 is 1.64 bits per heavy atom. The van der Waals surface area contributed by atoms with Crippen LogP contribution in [0.5, 0.6) is 0 Å². The van der Waals surface area contributed by atoms with E-state index in [1.54, 1.807) is 0 Å². The van der Waals surface area contributed by atoms with Crippen molar-refractivity contribution in [3.05, 3.63) is 35.9 Å². The summed E-state index contributed by atoms with van der Waals surface area (Å²) in [7, 11) is 0. The van der Waals surface area contributed by atoms with Crippen LogP contribution in [0.4, 0.5) is 0 Å². The molecule has 1 aliphatic heterocycles. The minimum atomic E-state index is -1.11. The third-order valence-electron chi connectivity index (χ3n) is 4.06. The first kappa shape index (κ1) is 21.8. The molecular formula is C19H25NO8. The van der Waals surface area contributed by atoms with E-state index in [4.69, 9.17) is 18.9 Å². The van der Waals surface area contributed by atoms with Crippen LogP contribution in [0.25, 0.3) is 0 Å². The van der Waals surface area contributed by atoms with Gasteiger partial charge < -0.3 is 29.4 Å². The maximum absolute atomic E-state index is 11.7. The lowest BCUT2D eigenvalue weighted by Gasteiger charge is -2.44.